The van der Waals surface area contributed by atoms with Crippen LogP contribution in [0.2, 0.25) is 0 Å². The Labute approximate surface area is 151 Å². The molecule has 0 bridgehead atoms. The largest absolute Gasteiger partial charge is 0.377 e. The van der Waals surface area contributed by atoms with E-state index in [9.17, 15) is 0 Å². The van der Waals surface area contributed by atoms with Crippen molar-refractivity contribution in [2.24, 2.45) is 0 Å². The third-order valence-electron chi connectivity index (χ3n) is 5.20. The Hall–Kier alpha value is -2.06. The van der Waals surface area contributed by atoms with Gasteiger partial charge in [0.25, 0.3) is 0 Å². The molecule has 1 N–H and O–H groups in total. The molecule has 4 rings (SSSR count). The number of halogens is 1. The zero-order valence-electron chi connectivity index (χ0n) is 13.9. The lowest BCUT2D eigenvalue weighted by Gasteiger charge is -2.33. The number of nitrogens with one attached hydrogen (secondary N) is 1. The van der Waals surface area contributed by atoms with Crippen LogP contribution in [-0.4, -0.2) is 0 Å². The molecule has 0 spiro atoms. The summed E-state index contributed by atoms with van der Waals surface area (Å²) >= 11 is 3.60. The Morgan fingerprint density at radius 3 is 2.33 bits per heavy atom. The molecule has 2 unspecified atom stereocenters. The van der Waals surface area contributed by atoms with Crippen molar-refractivity contribution in [2.75, 3.05) is 5.32 Å². The third kappa shape index (κ3) is 2.37. The fraction of sp³-hybridized carbons (Fsp3) is 0.182. The smallest absolute Gasteiger partial charge is 0.0649 e. The summed E-state index contributed by atoms with van der Waals surface area (Å²) in [5, 5.41) is 3.77. The number of hydrogen-bond acceptors (Lipinski definition) is 1. The summed E-state index contributed by atoms with van der Waals surface area (Å²) in [4.78, 5) is 0. The molecular weight excluding hydrogens is 358 g/mol. The molecule has 3 aromatic rings. The van der Waals surface area contributed by atoms with Crippen LogP contribution in [0.1, 0.15) is 35.2 Å². The SMILES string of the molecule is Cc1ccc(C2(C)c3ccc(Br)cc3NC2c2ccccc2)cc1. The monoisotopic (exact) mass is 377 g/mol. The standard InChI is InChI=1S/C22H20BrN/c1-15-8-10-17(11-9-15)22(2)19-13-12-18(23)14-20(19)24-21(22)16-6-4-3-5-7-16/h3-14,21,24H,1-2H3. The maximum atomic E-state index is 3.77. The molecule has 120 valence electrons. The number of hydrogen-bond donors (Lipinski definition) is 1. The van der Waals surface area contributed by atoms with E-state index in [2.05, 4.69) is 108 Å². The molecule has 1 nitrogen and oxygen atoms in total. The van der Waals surface area contributed by atoms with Crippen LogP contribution in [-0.2, 0) is 5.41 Å². The van der Waals surface area contributed by atoms with E-state index < -0.39 is 0 Å². The summed E-state index contributed by atoms with van der Waals surface area (Å²) in [6.45, 7) is 4.49. The highest BCUT2D eigenvalue weighted by molar-refractivity contribution is 9.10. The normalized spacial score (nSPS) is 22.0. The zero-order valence-corrected chi connectivity index (χ0v) is 15.5. The summed E-state index contributed by atoms with van der Waals surface area (Å²) in [6, 6.07) is 26.5. The van der Waals surface area contributed by atoms with Gasteiger partial charge in [-0.1, -0.05) is 82.2 Å². The summed E-state index contributed by atoms with van der Waals surface area (Å²) in [7, 11) is 0. The molecule has 0 amide bonds. The van der Waals surface area contributed by atoms with E-state index in [0.717, 1.165) is 4.47 Å². The van der Waals surface area contributed by atoms with Gasteiger partial charge in [0.2, 0.25) is 0 Å². The van der Waals surface area contributed by atoms with Gasteiger partial charge in [0.05, 0.1) is 6.04 Å². The maximum Gasteiger partial charge on any atom is 0.0649 e. The molecule has 1 aliphatic heterocycles. The van der Waals surface area contributed by atoms with Gasteiger partial charge < -0.3 is 5.32 Å². The first kappa shape index (κ1) is 15.5. The molecule has 0 saturated carbocycles. The number of benzene rings is 3. The Morgan fingerprint density at radius 2 is 1.62 bits per heavy atom. The summed E-state index contributed by atoms with van der Waals surface area (Å²) < 4.78 is 1.11. The first-order valence-corrected chi connectivity index (χ1v) is 9.07. The molecule has 1 heterocycles. The summed E-state index contributed by atoms with van der Waals surface area (Å²) in [5.41, 5.74) is 6.40. The molecule has 0 aromatic heterocycles. The van der Waals surface area contributed by atoms with Gasteiger partial charge in [0.1, 0.15) is 0 Å². The molecule has 2 heteroatoms. The fourth-order valence-electron chi connectivity index (χ4n) is 3.83. The topological polar surface area (TPSA) is 12.0 Å². The predicted octanol–water partition coefficient (Wildman–Crippen LogP) is 6.23. The van der Waals surface area contributed by atoms with Gasteiger partial charge in [-0.25, -0.2) is 0 Å². The Bertz CT molecular complexity index is 870. The molecule has 24 heavy (non-hydrogen) atoms. The van der Waals surface area contributed by atoms with Crippen LogP contribution in [0.15, 0.2) is 77.3 Å². The summed E-state index contributed by atoms with van der Waals surface area (Å²) in [5.74, 6) is 0. The lowest BCUT2D eigenvalue weighted by molar-refractivity contribution is 0.514. The number of fused-ring (bicyclic) bond motifs is 1. The molecule has 0 saturated heterocycles. The number of rotatable bonds is 2. The zero-order chi connectivity index (χ0) is 16.7. The van der Waals surface area contributed by atoms with E-state index in [0.29, 0.717) is 0 Å². The van der Waals surface area contributed by atoms with Gasteiger partial charge >= 0.3 is 0 Å². The average molecular weight is 378 g/mol. The molecule has 1 aliphatic rings. The predicted molar refractivity (Wildman–Crippen MR) is 105 cm³/mol. The minimum atomic E-state index is -0.106. The Balaban J connectivity index is 1.93. The van der Waals surface area contributed by atoms with Gasteiger partial charge in [-0.15, -0.1) is 0 Å². The fourth-order valence-corrected chi connectivity index (χ4v) is 4.19. The van der Waals surface area contributed by atoms with E-state index in [-0.39, 0.29) is 11.5 Å². The van der Waals surface area contributed by atoms with Crippen molar-refractivity contribution in [3.8, 4) is 0 Å². The third-order valence-corrected chi connectivity index (χ3v) is 5.70. The van der Waals surface area contributed by atoms with Gasteiger partial charge in [0.15, 0.2) is 0 Å². The van der Waals surface area contributed by atoms with Crippen molar-refractivity contribution in [1.29, 1.82) is 0 Å². The lowest BCUT2D eigenvalue weighted by atomic mass is 9.71. The molecule has 0 radical (unpaired) electrons. The van der Waals surface area contributed by atoms with Gasteiger partial charge in [-0.3, -0.25) is 0 Å². The van der Waals surface area contributed by atoms with E-state index >= 15 is 0 Å². The van der Waals surface area contributed by atoms with Crippen LogP contribution in [0, 0.1) is 6.92 Å². The van der Waals surface area contributed by atoms with Gasteiger partial charge in [-0.2, -0.15) is 0 Å². The van der Waals surface area contributed by atoms with Crippen LogP contribution in [0.3, 0.4) is 0 Å². The molecule has 0 aliphatic carbocycles. The highest BCUT2D eigenvalue weighted by atomic mass is 79.9. The minimum absolute atomic E-state index is 0.106. The second-order valence-electron chi connectivity index (χ2n) is 6.75. The van der Waals surface area contributed by atoms with E-state index in [4.69, 9.17) is 0 Å². The van der Waals surface area contributed by atoms with Crippen molar-refractivity contribution < 1.29 is 0 Å². The Kier molecular flexibility index (Phi) is 3.73. The Morgan fingerprint density at radius 1 is 0.917 bits per heavy atom. The van der Waals surface area contributed by atoms with E-state index in [1.54, 1.807) is 0 Å². The lowest BCUT2D eigenvalue weighted by Crippen LogP contribution is -2.30. The van der Waals surface area contributed by atoms with Crippen molar-refractivity contribution in [3.63, 3.8) is 0 Å². The van der Waals surface area contributed by atoms with Gasteiger partial charge in [0, 0.05) is 15.6 Å². The van der Waals surface area contributed by atoms with Crippen molar-refractivity contribution in [1.82, 2.24) is 0 Å². The van der Waals surface area contributed by atoms with Gasteiger partial charge in [-0.05, 0) is 42.7 Å². The second-order valence-corrected chi connectivity index (χ2v) is 7.66. The first-order chi connectivity index (χ1) is 11.6. The van der Waals surface area contributed by atoms with Crippen molar-refractivity contribution >= 4 is 21.6 Å². The maximum absolute atomic E-state index is 3.77. The van der Waals surface area contributed by atoms with E-state index in [1.165, 1.54) is 27.9 Å². The highest BCUT2D eigenvalue weighted by Gasteiger charge is 2.45. The summed E-state index contributed by atoms with van der Waals surface area (Å²) in [6.07, 6.45) is 0. The van der Waals surface area contributed by atoms with Crippen LogP contribution in [0.25, 0.3) is 0 Å². The van der Waals surface area contributed by atoms with Crippen LogP contribution >= 0.6 is 15.9 Å². The first-order valence-electron chi connectivity index (χ1n) is 8.28. The number of aryl methyl sites for hydroxylation is 1. The molecular formula is C22H20BrN. The number of anilines is 1. The van der Waals surface area contributed by atoms with Crippen molar-refractivity contribution in [2.45, 2.75) is 25.3 Å². The molecule has 3 aromatic carbocycles. The van der Waals surface area contributed by atoms with Crippen molar-refractivity contribution in [3.05, 3.63) is 99.5 Å². The minimum Gasteiger partial charge on any atom is -0.377 e. The highest BCUT2D eigenvalue weighted by Crippen LogP contribution is 2.52. The molecule has 0 fully saturated rings. The second kappa shape index (κ2) is 5.78. The van der Waals surface area contributed by atoms with Crippen LogP contribution in [0.4, 0.5) is 5.69 Å². The quantitative estimate of drug-likeness (QED) is 0.557. The van der Waals surface area contributed by atoms with E-state index in [1.807, 2.05) is 0 Å². The molecule has 2 atom stereocenters. The van der Waals surface area contributed by atoms with Crippen LogP contribution in [0.5, 0.6) is 0 Å². The van der Waals surface area contributed by atoms with Crippen LogP contribution < -0.4 is 5.32 Å². The average Bonchev–Trinajstić information content (AvgIpc) is 2.89.